The summed E-state index contributed by atoms with van der Waals surface area (Å²) in [4.78, 5) is 4.94. The highest BCUT2D eigenvalue weighted by Gasteiger charge is 2.39. The van der Waals surface area contributed by atoms with Gasteiger partial charge in [0.2, 0.25) is 0 Å². The van der Waals surface area contributed by atoms with Crippen molar-refractivity contribution in [3.63, 3.8) is 0 Å². The Morgan fingerprint density at radius 3 is 2.58 bits per heavy atom. The first-order chi connectivity index (χ1) is 5.47. The molecule has 0 bridgehead atoms. The zero-order valence-electron chi connectivity index (χ0n) is 7.27. The highest BCUT2D eigenvalue weighted by molar-refractivity contribution is 5.35. The summed E-state index contributed by atoms with van der Waals surface area (Å²) < 4.78 is 26.3. The Balaban J connectivity index is 3.03. The summed E-state index contributed by atoms with van der Waals surface area (Å²) in [5.41, 5.74) is 0.448. The van der Waals surface area contributed by atoms with Gasteiger partial charge >= 0.3 is 5.92 Å². The van der Waals surface area contributed by atoms with E-state index in [0.717, 1.165) is 0 Å². The van der Waals surface area contributed by atoms with Crippen LogP contribution in [-0.2, 0) is 0 Å². The second kappa shape index (κ2) is 2.94. The molecule has 0 amide bonds. The van der Waals surface area contributed by atoms with Crippen molar-refractivity contribution >= 4 is 6.72 Å². The summed E-state index contributed by atoms with van der Waals surface area (Å²) in [6.45, 7) is 5.09. The molecule has 4 heteroatoms. The third-order valence-corrected chi connectivity index (χ3v) is 1.88. The summed E-state index contributed by atoms with van der Waals surface area (Å²) in [6, 6.07) is 0. The second-order valence-corrected chi connectivity index (χ2v) is 3.16. The number of halogens is 2. The molecule has 0 aromatic rings. The molecule has 0 aromatic heterocycles. The zero-order valence-corrected chi connectivity index (χ0v) is 7.27. The lowest BCUT2D eigenvalue weighted by atomic mass is 10.1. The van der Waals surface area contributed by atoms with E-state index in [1.807, 2.05) is 0 Å². The Hall–Kier alpha value is -0.770. The number of hydrogen-bond acceptors (Lipinski definition) is 2. The van der Waals surface area contributed by atoms with Gasteiger partial charge in [0, 0.05) is 6.54 Å². The molecule has 0 unspecified atom stereocenters. The number of hydrogen-bond donors (Lipinski definition) is 0. The fraction of sp³-hybridized carbons (Fsp3) is 0.625. The Labute approximate surface area is 70.6 Å². The van der Waals surface area contributed by atoms with E-state index in [2.05, 4.69) is 11.7 Å². The summed E-state index contributed by atoms with van der Waals surface area (Å²) in [6.07, 6.45) is 0. The van der Waals surface area contributed by atoms with Crippen LogP contribution in [0.25, 0.3) is 0 Å². The van der Waals surface area contributed by atoms with Crippen molar-refractivity contribution in [2.24, 2.45) is 4.99 Å². The maximum atomic E-state index is 13.1. The standard InChI is InChI=1S/C8H12F2N2/c1-6-4-12(3)5-8(9,10)7(6)11-2/h2,4-5H2,1,3H3. The molecule has 2 nitrogen and oxygen atoms in total. The number of nitrogens with zero attached hydrogens (tertiary/aromatic N) is 2. The lowest BCUT2D eigenvalue weighted by molar-refractivity contribution is -0.000124. The van der Waals surface area contributed by atoms with Crippen LogP contribution in [0.4, 0.5) is 8.78 Å². The third kappa shape index (κ3) is 1.53. The summed E-state index contributed by atoms with van der Waals surface area (Å²) in [5, 5.41) is 0. The first-order valence-corrected chi connectivity index (χ1v) is 3.70. The van der Waals surface area contributed by atoms with Crippen LogP contribution in [0, 0.1) is 0 Å². The Bertz CT molecular complexity index is 233. The number of rotatable bonds is 1. The maximum absolute atomic E-state index is 13.1. The molecule has 12 heavy (non-hydrogen) atoms. The van der Waals surface area contributed by atoms with Gasteiger partial charge in [-0.3, -0.25) is 9.89 Å². The molecule has 0 atom stereocenters. The van der Waals surface area contributed by atoms with Crippen LogP contribution in [0.15, 0.2) is 16.3 Å². The predicted octanol–water partition coefficient (Wildman–Crippen LogP) is 1.54. The molecule has 1 aliphatic heterocycles. The molecule has 0 fully saturated rings. The van der Waals surface area contributed by atoms with Gasteiger partial charge in [0.05, 0.1) is 6.54 Å². The third-order valence-electron chi connectivity index (χ3n) is 1.88. The minimum atomic E-state index is -2.83. The minimum absolute atomic E-state index is 0.152. The van der Waals surface area contributed by atoms with Gasteiger partial charge in [-0.25, -0.2) is 0 Å². The number of alkyl halides is 2. The quantitative estimate of drug-likeness (QED) is 0.550. The normalized spacial score (nSPS) is 24.3. The van der Waals surface area contributed by atoms with Crippen molar-refractivity contribution in [1.29, 1.82) is 0 Å². The van der Waals surface area contributed by atoms with Crippen molar-refractivity contribution in [2.45, 2.75) is 12.8 Å². The van der Waals surface area contributed by atoms with Crippen LogP contribution in [0.3, 0.4) is 0 Å². The summed E-state index contributed by atoms with van der Waals surface area (Å²) in [7, 11) is 1.66. The lowest BCUT2D eigenvalue weighted by Crippen LogP contribution is -2.41. The van der Waals surface area contributed by atoms with Crippen LogP contribution >= 0.6 is 0 Å². The fourth-order valence-corrected chi connectivity index (χ4v) is 1.51. The van der Waals surface area contributed by atoms with Crippen molar-refractivity contribution in [2.75, 3.05) is 20.1 Å². The Morgan fingerprint density at radius 1 is 1.58 bits per heavy atom. The van der Waals surface area contributed by atoms with Crippen LogP contribution < -0.4 is 0 Å². The van der Waals surface area contributed by atoms with E-state index in [4.69, 9.17) is 0 Å². The lowest BCUT2D eigenvalue weighted by Gasteiger charge is -2.30. The van der Waals surface area contributed by atoms with Crippen molar-refractivity contribution in [3.8, 4) is 0 Å². The molecule has 1 heterocycles. The van der Waals surface area contributed by atoms with Crippen molar-refractivity contribution in [3.05, 3.63) is 11.3 Å². The van der Waals surface area contributed by atoms with E-state index in [0.29, 0.717) is 12.1 Å². The molecule has 0 saturated carbocycles. The van der Waals surface area contributed by atoms with Crippen LogP contribution in [0.2, 0.25) is 0 Å². The average Bonchev–Trinajstić information content (AvgIpc) is 1.82. The highest BCUT2D eigenvalue weighted by atomic mass is 19.3. The van der Waals surface area contributed by atoms with Gasteiger partial charge in [-0.05, 0) is 26.3 Å². The summed E-state index contributed by atoms with van der Waals surface area (Å²) in [5.74, 6) is -2.83. The molecule has 0 saturated heterocycles. The second-order valence-electron chi connectivity index (χ2n) is 3.16. The molecule has 68 valence electrons. The average molecular weight is 174 g/mol. The molecule has 0 radical (unpaired) electrons. The fourth-order valence-electron chi connectivity index (χ4n) is 1.51. The van der Waals surface area contributed by atoms with Crippen LogP contribution in [-0.4, -0.2) is 37.7 Å². The maximum Gasteiger partial charge on any atom is 0.302 e. The van der Waals surface area contributed by atoms with Crippen molar-refractivity contribution < 1.29 is 8.78 Å². The van der Waals surface area contributed by atoms with Gasteiger partial charge in [-0.15, -0.1) is 0 Å². The predicted molar refractivity (Wildman–Crippen MR) is 44.7 cm³/mol. The van der Waals surface area contributed by atoms with E-state index >= 15 is 0 Å². The first-order valence-electron chi connectivity index (χ1n) is 3.70. The molecule has 0 aromatic carbocycles. The van der Waals surface area contributed by atoms with Gasteiger partial charge in [-0.1, -0.05) is 0 Å². The van der Waals surface area contributed by atoms with Gasteiger partial charge in [0.25, 0.3) is 0 Å². The Morgan fingerprint density at radius 2 is 2.17 bits per heavy atom. The van der Waals surface area contributed by atoms with E-state index < -0.39 is 5.92 Å². The topological polar surface area (TPSA) is 15.6 Å². The number of aliphatic imine (C=N–C) groups is 1. The van der Waals surface area contributed by atoms with E-state index in [9.17, 15) is 8.78 Å². The summed E-state index contributed by atoms with van der Waals surface area (Å²) >= 11 is 0. The molecule has 0 aliphatic carbocycles. The largest absolute Gasteiger partial charge is 0.302 e. The molecule has 1 rings (SSSR count). The van der Waals surface area contributed by atoms with Gasteiger partial charge < -0.3 is 0 Å². The van der Waals surface area contributed by atoms with Gasteiger partial charge in [0.1, 0.15) is 5.70 Å². The van der Waals surface area contributed by atoms with Gasteiger partial charge in [0.15, 0.2) is 0 Å². The first kappa shape index (κ1) is 9.32. The van der Waals surface area contributed by atoms with Crippen LogP contribution in [0.1, 0.15) is 6.92 Å². The molecular formula is C8H12F2N2. The minimum Gasteiger partial charge on any atom is -0.296 e. The number of likely N-dealkylation sites (N-methyl/N-ethyl adjacent to an activating group) is 1. The molecule has 0 N–H and O–H groups in total. The smallest absolute Gasteiger partial charge is 0.296 e. The van der Waals surface area contributed by atoms with E-state index in [1.165, 1.54) is 0 Å². The molecule has 1 aliphatic rings. The monoisotopic (exact) mass is 174 g/mol. The molecular weight excluding hydrogens is 162 g/mol. The highest BCUT2D eigenvalue weighted by Crippen LogP contribution is 2.32. The van der Waals surface area contributed by atoms with Gasteiger partial charge in [-0.2, -0.15) is 8.78 Å². The Kier molecular flexibility index (Phi) is 2.28. The SMILES string of the molecule is C=NC1=C(C)CN(C)CC1(F)F. The zero-order chi connectivity index (χ0) is 9.35. The van der Waals surface area contributed by atoms with E-state index in [-0.39, 0.29) is 12.2 Å². The van der Waals surface area contributed by atoms with E-state index in [1.54, 1.807) is 18.9 Å². The van der Waals surface area contributed by atoms with Crippen LogP contribution in [0.5, 0.6) is 0 Å². The molecule has 0 spiro atoms. The van der Waals surface area contributed by atoms with Crippen molar-refractivity contribution in [1.82, 2.24) is 4.90 Å².